The summed E-state index contributed by atoms with van der Waals surface area (Å²) in [5.74, 6) is -0.903. The molecule has 1 aromatic carbocycles. The molecule has 1 aromatic rings. The maximum Gasteiger partial charge on any atom is 0.337 e. The molecule has 1 unspecified atom stereocenters. The molecule has 0 bridgehead atoms. The summed E-state index contributed by atoms with van der Waals surface area (Å²) in [4.78, 5) is 13.4. The number of hydrogen-bond acceptors (Lipinski definition) is 3. The number of hydrogen-bond donors (Lipinski definition) is 1. The van der Waals surface area contributed by atoms with Crippen molar-refractivity contribution >= 4 is 27.6 Å². The number of aromatic carboxylic acids is 1. The van der Waals surface area contributed by atoms with Gasteiger partial charge in [0.15, 0.2) is 0 Å². The monoisotopic (exact) mass is 327 g/mol. The number of carboxylic acids is 1. The lowest BCUT2D eigenvalue weighted by Gasteiger charge is -2.43. The second kappa shape index (κ2) is 5.13. The van der Waals surface area contributed by atoms with E-state index in [1.807, 2.05) is 26.8 Å². The lowest BCUT2D eigenvalue weighted by Crippen LogP contribution is -2.52. The van der Waals surface area contributed by atoms with Crippen molar-refractivity contribution in [3.05, 3.63) is 28.2 Å². The molecule has 0 saturated carbocycles. The molecule has 0 aliphatic carbocycles. The molecular formula is C14H18BrNO3. The fourth-order valence-electron chi connectivity index (χ4n) is 2.58. The van der Waals surface area contributed by atoms with Gasteiger partial charge in [-0.2, -0.15) is 0 Å². The van der Waals surface area contributed by atoms with Crippen molar-refractivity contribution in [2.75, 3.05) is 18.0 Å². The third-order valence-corrected chi connectivity index (χ3v) is 3.59. The Kier molecular flexibility index (Phi) is 3.87. The van der Waals surface area contributed by atoms with Gasteiger partial charge in [0.05, 0.1) is 23.0 Å². The molecule has 104 valence electrons. The highest BCUT2D eigenvalue weighted by molar-refractivity contribution is 9.10. The lowest BCUT2D eigenvalue weighted by molar-refractivity contribution is -0.0750. The molecule has 4 nitrogen and oxygen atoms in total. The van der Waals surface area contributed by atoms with Gasteiger partial charge in [-0.15, -0.1) is 0 Å². The van der Waals surface area contributed by atoms with Gasteiger partial charge in [0.25, 0.3) is 0 Å². The Balaban J connectivity index is 2.40. The average Bonchev–Trinajstić information content (AvgIpc) is 2.25. The number of anilines is 1. The predicted octanol–water partition coefficient (Wildman–Crippen LogP) is 3.15. The standard InChI is InChI=1S/C14H18BrNO3/c1-9-7-16(8-14(2,3)19-9)12-6-10(15)4-5-11(12)13(17)18/h4-6,9H,7-8H2,1-3H3,(H,17,18). The number of rotatable bonds is 2. The molecule has 1 heterocycles. The fourth-order valence-corrected chi connectivity index (χ4v) is 2.93. The topological polar surface area (TPSA) is 49.8 Å². The van der Waals surface area contributed by atoms with E-state index in [-0.39, 0.29) is 11.7 Å². The molecular weight excluding hydrogens is 310 g/mol. The Hall–Kier alpha value is -1.07. The number of ether oxygens (including phenoxy) is 1. The van der Waals surface area contributed by atoms with E-state index in [4.69, 9.17) is 4.74 Å². The quantitative estimate of drug-likeness (QED) is 0.906. The Bertz CT molecular complexity index is 501. The molecule has 0 aromatic heterocycles. The molecule has 5 heteroatoms. The molecule has 19 heavy (non-hydrogen) atoms. The molecule has 1 N–H and O–H groups in total. The Morgan fingerprint density at radius 1 is 1.53 bits per heavy atom. The summed E-state index contributed by atoms with van der Waals surface area (Å²) in [6.07, 6.45) is 0.0735. The highest BCUT2D eigenvalue weighted by atomic mass is 79.9. The van der Waals surface area contributed by atoms with Crippen molar-refractivity contribution in [2.45, 2.75) is 32.5 Å². The Morgan fingerprint density at radius 3 is 2.79 bits per heavy atom. The first-order chi connectivity index (χ1) is 8.78. The lowest BCUT2D eigenvalue weighted by atomic mass is 10.0. The van der Waals surface area contributed by atoms with Gasteiger partial charge >= 0.3 is 5.97 Å². The summed E-state index contributed by atoms with van der Waals surface area (Å²) in [7, 11) is 0. The SMILES string of the molecule is CC1CN(c2cc(Br)ccc2C(=O)O)CC(C)(C)O1. The number of halogens is 1. The molecule has 2 rings (SSSR count). The molecule has 0 radical (unpaired) electrons. The van der Waals surface area contributed by atoms with Crippen LogP contribution in [0, 0.1) is 0 Å². The van der Waals surface area contributed by atoms with E-state index in [1.54, 1.807) is 12.1 Å². The van der Waals surface area contributed by atoms with Gasteiger partial charge in [0.2, 0.25) is 0 Å². The number of benzene rings is 1. The van der Waals surface area contributed by atoms with Crippen molar-refractivity contribution in [1.82, 2.24) is 0 Å². The van der Waals surface area contributed by atoms with Gasteiger partial charge in [-0.25, -0.2) is 4.79 Å². The zero-order valence-electron chi connectivity index (χ0n) is 11.3. The van der Waals surface area contributed by atoms with Crippen LogP contribution < -0.4 is 4.90 Å². The highest BCUT2D eigenvalue weighted by Gasteiger charge is 2.32. The van der Waals surface area contributed by atoms with Crippen LogP contribution in [0.5, 0.6) is 0 Å². The fraction of sp³-hybridized carbons (Fsp3) is 0.500. The predicted molar refractivity (Wildman–Crippen MR) is 77.9 cm³/mol. The van der Waals surface area contributed by atoms with Gasteiger partial charge in [0, 0.05) is 17.6 Å². The van der Waals surface area contributed by atoms with Gasteiger partial charge in [-0.1, -0.05) is 15.9 Å². The smallest absolute Gasteiger partial charge is 0.337 e. The number of carboxylic acid groups (broad SMARTS) is 1. The number of nitrogens with zero attached hydrogens (tertiary/aromatic N) is 1. The second-order valence-corrected chi connectivity index (χ2v) is 6.45. The summed E-state index contributed by atoms with van der Waals surface area (Å²) < 4.78 is 6.73. The molecule has 1 atom stereocenters. The van der Waals surface area contributed by atoms with Crippen LogP contribution in [-0.2, 0) is 4.74 Å². The zero-order valence-corrected chi connectivity index (χ0v) is 12.9. The normalized spacial score (nSPS) is 22.3. The maximum atomic E-state index is 11.3. The van der Waals surface area contributed by atoms with Crippen LogP contribution in [0.1, 0.15) is 31.1 Å². The van der Waals surface area contributed by atoms with Crippen molar-refractivity contribution < 1.29 is 14.6 Å². The van der Waals surface area contributed by atoms with Crippen molar-refractivity contribution in [1.29, 1.82) is 0 Å². The van der Waals surface area contributed by atoms with Crippen molar-refractivity contribution in [2.24, 2.45) is 0 Å². The van der Waals surface area contributed by atoms with Crippen LogP contribution in [0.2, 0.25) is 0 Å². The zero-order chi connectivity index (χ0) is 14.2. The largest absolute Gasteiger partial charge is 0.478 e. The third-order valence-electron chi connectivity index (χ3n) is 3.10. The average molecular weight is 328 g/mol. The molecule has 0 amide bonds. The molecule has 1 aliphatic rings. The van der Waals surface area contributed by atoms with E-state index in [0.29, 0.717) is 18.7 Å². The van der Waals surface area contributed by atoms with Gasteiger partial charge in [0.1, 0.15) is 0 Å². The maximum absolute atomic E-state index is 11.3. The molecule has 1 saturated heterocycles. The molecule has 1 aliphatic heterocycles. The summed E-state index contributed by atoms with van der Waals surface area (Å²) >= 11 is 3.40. The van der Waals surface area contributed by atoms with Crippen molar-refractivity contribution in [3.8, 4) is 0 Å². The Morgan fingerprint density at radius 2 is 2.21 bits per heavy atom. The van der Waals surface area contributed by atoms with E-state index in [2.05, 4.69) is 20.8 Å². The minimum atomic E-state index is -0.903. The van der Waals surface area contributed by atoms with Crippen LogP contribution in [0.15, 0.2) is 22.7 Å². The summed E-state index contributed by atoms with van der Waals surface area (Å²) in [6.45, 7) is 7.42. The second-order valence-electron chi connectivity index (χ2n) is 5.54. The van der Waals surface area contributed by atoms with Crippen molar-refractivity contribution in [3.63, 3.8) is 0 Å². The molecule has 0 spiro atoms. The van der Waals surface area contributed by atoms with E-state index in [0.717, 1.165) is 10.2 Å². The van der Waals surface area contributed by atoms with E-state index in [9.17, 15) is 9.90 Å². The summed E-state index contributed by atoms with van der Waals surface area (Å²) in [5.41, 5.74) is 0.786. The van der Waals surface area contributed by atoms with Crippen LogP contribution >= 0.6 is 15.9 Å². The van der Waals surface area contributed by atoms with Crippen LogP contribution in [0.4, 0.5) is 5.69 Å². The van der Waals surface area contributed by atoms with E-state index >= 15 is 0 Å². The van der Waals surface area contributed by atoms with Crippen LogP contribution in [0.25, 0.3) is 0 Å². The minimum Gasteiger partial charge on any atom is -0.478 e. The third kappa shape index (κ3) is 3.28. The first kappa shape index (κ1) is 14.3. The first-order valence-electron chi connectivity index (χ1n) is 6.24. The van der Waals surface area contributed by atoms with Crippen LogP contribution in [0.3, 0.4) is 0 Å². The number of carbonyl (C=O) groups is 1. The number of morpholine rings is 1. The summed E-state index contributed by atoms with van der Waals surface area (Å²) in [6, 6.07) is 5.24. The van der Waals surface area contributed by atoms with E-state index in [1.165, 1.54) is 0 Å². The Labute approximate surface area is 121 Å². The summed E-state index contributed by atoms with van der Waals surface area (Å²) in [5, 5.41) is 9.31. The van der Waals surface area contributed by atoms with Crippen LogP contribution in [-0.4, -0.2) is 35.9 Å². The minimum absolute atomic E-state index is 0.0735. The van der Waals surface area contributed by atoms with Gasteiger partial charge < -0.3 is 14.7 Å². The highest BCUT2D eigenvalue weighted by Crippen LogP contribution is 2.30. The van der Waals surface area contributed by atoms with Gasteiger partial charge in [-0.3, -0.25) is 0 Å². The first-order valence-corrected chi connectivity index (χ1v) is 7.03. The molecule has 1 fully saturated rings. The van der Waals surface area contributed by atoms with Gasteiger partial charge in [-0.05, 0) is 39.0 Å². The van der Waals surface area contributed by atoms with E-state index < -0.39 is 5.97 Å².